The molecule has 3 N–H and O–H groups in total. The van der Waals surface area contributed by atoms with E-state index in [4.69, 9.17) is 0 Å². The van der Waals surface area contributed by atoms with Crippen LogP contribution in [0.5, 0.6) is 0 Å². The average molecular weight is 460 g/mol. The van der Waals surface area contributed by atoms with Crippen LogP contribution in [0.2, 0.25) is 0 Å². The largest absolute Gasteiger partial charge is 1.00 e. The Morgan fingerprint density at radius 1 is 0.800 bits per heavy atom. The van der Waals surface area contributed by atoms with Crippen LogP contribution in [-0.2, 0) is 29.3 Å². The van der Waals surface area contributed by atoms with Gasteiger partial charge in [-0.15, -0.1) is 0 Å². The maximum absolute atomic E-state index is 11.5. The van der Waals surface area contributed by atoms with Gasteiger partial charge in [-0.2, -0.15) is 0 Å². The van der Waals surface area contributed by atoms with E-state index in [9.17, 15) is 32.1 Å². The van der Waals surface area contributed by atoms with E-state index in [0.29, 0.717) is 19.3 Å². The van der Waals surface area contributed by atoms with Gasteiger partial charge in [0.05, 0.1) is 0 Å². The Bertz CT molecular complexity index is 627. The molecule has 0 aliphatic rings. The zero-order valence-electron chi connectivity index (χ0n) is 18.7. The Hall–Kier alpha value is -1.01. The Labute approximate surface area is 201 Å². The van der Waals surface area contributed by atoms with Crippen molar-refractivity contribution in [3.8, 4) is 0 Å². The van der Waals surface area contributed by atoms with Crippen molar-refractivity contribution in [3.63, 3.8) is 0 Å². The molecule has 0 saturated heterocycles. The molecule has 1 unspecified atom stereocenters. The van der Waals surface area contributed by atoms with Gasteiger partial charge in [0.15, 0.2) is 0 Å². The molecule has 170 valence electrons. The minimum Gasteiger partial charge on any atom is -0.747 e. The standard InChI is InChI=1S/C11H20N2O6S.C7H15NO.Na/c1-3-4-10(15)12-5-6-13-11(16)9(7-8(2)14)20(17,18)19;1-3-5-7(9)8-6-4-2;/h9H,3-7H2,1-2H3,(H,12,15)(H,13,16)(H,17,18,19);3-6H2,1-2H3,(H,8,9);/q;;+1/p-1. The predicted molar refractivity (Wildman–Crippen MR) is 108 cm³/mol. The summed E-state index contributed by atoms with van der Waals surface area (Å²) < 4.78 is 32.7. The number of carbonyl (C=O) groups excluding carboxylic acids is 4. The fourth-order valence-electron chi connectivity index (χ4n) is 1.98. The molecule has 0 aromatic rings. The first-order chi connectivity index (χ1) is 13.5. The van der Waals surface area contributed by atoms with Crippen molar-refractivity contribution in [1.29, 1.82) is 0 Å². The van der Waals surface area contributed by atoms with E-state index in [-0.39, 0.29) is 54.5 Å². The number of Topliss-reactive ketones (excluding diaryl/α,β-unsaturated/α-hetero) is 1. The fourth-order valence-corrected chi connectivity index (χ4v) is 2.77. The third kappa shape index (κ3) is 20.3. The van der Waals surface area contributed by atoms with Crippen LogP contribution in [0.15, 0.2) is 0 Å². The van der Waals surface area contributed by atoms with E-state index in [2.05, 4.69) is 16.0 Å². The second-order valence-electron chi connectivity index (χ2n) is 6.38. The first kappa shape index (κ1) is 33.6. The van der Waals surface area contributed by atoms with Crippen LogP contribution in [0.1, 0.15) is 66.2 Å². The summed E-state index contributed by atoms with van der Waals surface area (Å²) in [6, 6.07) is 0. The molecule has 0 radical (unpaired) electrons. The van der Waals surface area contributed by atoms with Crippen molar-refractivity contribution in [2.24, 2.45) is 0 Å². The minimum absolute atomic E-state index is 0. The summed E-state index contributed by atoms with van der Waals surface area (Å²) in [5.41, 5.74) is 0. The number of rotatable bonds is 13. The molecular weight excluding hydrogens is 425 g/mol. The minimum atomic E-state index is -4.89. The quantitative estimate of drug-likeness (QED) is 0.153. The van der Waals surface area contributed by atoms with Gasteiger partial charge in [0.25, 0.3) is 0 Å². The monoisotopic (exact) mass is 459 g/mol. The van der Waals surface area contributed by atoms with Crippen molar-refractivity contribution in [1.82, 2.24) is 16.0 Å². The molecule has 10 nitrogen and oxygen atoms in total. The second kappa shape index (κ2) is 19.9. The van der Waals surface area contributed by atoms with Crippen LogP contribution in [0.25, 0.3) is 0 Å². The van der Waals surface area contributed by atoms with Crippen molar-refractivity contribution in [2.45, 2.75) is 71.5 Å². The number of nitrogens with one attached hydrogen (secondary N) is 3. The SMILES string of the molecule is CCCC(=O)NCCNC(=O)C(CC(C)=O)S(=O)(=O)[O-].CCCNC(=O)CCC.[Na+]. The molecule has 0 heterocycles. The second-order valence-corrected chi connectivity index (χ2v) is 7.93. The topological polar surface area (TPSA) is 162 Å². The first-order valence-electron chi connectivity index (χ1n) is 9.74. The summed E-state index contributed by atoms with van der Waals surface area (Å²) in [5, 5.41) is 5.59. The predicted octanol–water partition coefficient (Wildman–Crippen LogP) is -2.77. The molecule has 0 spiro atoms. The molecule has 30 heavy (non-hydrogen) atoms. The zero-order chi connectivity index (χ0) is 22.9. The third-order valence-corrected chi connectivity index (χ3v) is 4.46. The van der Waals surface area contributed by atoms with Crippen molar-refractivity contribution >= 4 is 33.6 Å². The molecule has 0 aliphatic heterocycles. The zero-order valence-corrected chi connectivity index (χ0v) is 21.5. The number of amides is 3. The van der Waals surface area contributed by atoms with Crippen LogP contribution in [0.4, 0.5) is 0 Å². The van der Waals surface area contributed by atoms with Crippen LogP contribution in [-0.4, -0.2) is 61.4 Å². The number of ketones is 1. The Balaban J connectivity index is -0.000000616. The number of hydrogen-bond donors (Lipinski definition) is 3. The molecule has 0 aromatic heterocycles. The summed E-state index contributed by atoms with van der Waals surface area (Å²) in [5.74, 6) is -1.60. The first-order valence-corrected chi connectivity index (χ1v) is 11.2. The third-order valence-electron chi connectivity index (χ3n) is 3.39. The van der Waals surface area contributed by atoms with Gasteiger partial charge in [0.1, 0.15) is 21.2 Å². The molecule has 1 atom stereocenters. The molecule has 0 fully saturated rings. The van der Waals surface area contributed by atoms with Crippen LogP contribution < -0.4 is 45.5 Å². The molecule has 0 bridgehead atoms. The van der Waals surface area contributed by atoms with Gasteiger partial charge in [-0.05, 0) is 26.2 Å². The maximum Gasteiger partial charge on any atom is 1.00 e. The molecule has 0 aromatic carbocycles. The molecular formula is C18H34N3NaO7S. The van der Waals surface area contributed by atoms with Gasteiger partial charge in [0, 0.05) is 38.9 Å². The fraction of sp³-hybridized carbons (Fsp3) is 0.778. The van der Waals surface area contributed by atoms with E-state index >= 15 is 0 Å². The Morgan fingerprint density at radius 2 is 1.23 bits per heavy atom. The smallest absolute Gasteiger partial charge is 0.747 e. The summed E-state index contributed by atoms with van der Waals surface area (Å²) in [6.45, 7) is 7.91. The van der Waals surface area contributed by atoms with Gasteiger partial charge >= 0.3 is 29.6 Å². The van der Waals surface area contributed by atoms with Crippen molar-refractivity contribution in [2.75, 3.05) is 19.6 Å². The number of hydrogen-bond acceptors (Lipinski definition) is 7. The van der Waals surface area contributed by atoms with E-state index in [1.165, 1.54) is 0 Å². The molecule has 0 aliphatic carbocycles. The van der Waals surface area contributed by atoms with Gasteiger partial charge in [0.2, 0.25) is 17.7 Å². The maximum atomic E-state index is 11.5. The van der Waals surface area contributed by atoms with Crippen molar-refractivity contribution < 1.29 is 61.7 Å². The molecule has 0 rings (SSSR count). The summed E-state index contributed by atoms with van der Waals surface area (Å²) >= 11 is 0. The van der Waals surface area contributed by atoms with Gasteiger partial charge in [-0.25, -0.2) is 8.42 Å². The summed E-state index contributed by atoms with van der Waals surface area (Å²) in [4.78, 5) is 44.2. The Kier molecular flexibility index (Phi) is 22.3. The normalized spacial score (nSPS) is 11.1. The Morgan fingerprint density at radius 3 is 1.60 bits per heavy atom. The molecule has 3 amide bonds. The van der Waals surface area contributed by atoms with Crippen LogP contribution in [0, 0.1) is 0 Å². The van der Waals surface area contributed by atoms with E-state index in [0.717, 1.165) is 26.3 Å². The van der Waals surface area contributed by atoms with Gasteiger partial charge in [-0.1, -0.05) is 20.8 Å². The average Bonchev–Trinajstić information content (AvgIpc) is 2.61. The summed E-state index contributed by atoms with van der Waals surface area (Å²) in [7, 11) is -4.89. The molecule has 0 saturated carbocycles. The van der Waals surface area contributed by atoms with Crippen molar-refractivity contribution in [3.05, 3.63) is 0 Å². The van der Waals surface area contributed by atoms with Crippen LogP contribution in [0.3, 0.4) is 0 Å². The number of carbonyl (C=O) groups is 4. The van der Waals surface area contributed by atoms with Gasteiger partial charge < -0.3 is 20.5 Å². The van der Waals surface area contributed by atoms with Crippen LogP contribution >= 0.6 is 0 Å². The molecule has 12 heteroatoms. The van der Waals surface area contributed by atoms with E-state index in [1.807, 2.05) is 20.8 Å². The van der Waals surface area contributed by atoms with Gasteiger partial charge in [-0.3, -0.25) is 19.2 Å². The summed E-state index contributed by atoms with van der Waals surface area (Å²) in [6.07, 6.45) is 3.02. The van der Waals surface area contributed by atoms with E-state index < -0.39 is 33.5 Å². The van der Waals surface area contributed by atoms with E-state index in [1.54, 1.807) is 0 Å².